The minimum absolute atomic E-state index is 0.0330. The van der Waals surface area contributed by atoms with Gasteiger partial charge in [-0.15, -0.1) is 11.3 Å². The molecular formula is C23H29NO3S. The van der Waals surface area contributed by atoms with E-state index >= 15 is 0 Å². The molecule has 4 nitrogen and oxygen atoms in total. The number of benzene rings is 1. The van der Waals surface area contributed by atoms with Crippen molar-refractivity contribution in [2.75, 3.05) is 11.9 Å². The molecule has 0 fully saturated rings. The van der Waals surface area contributed by atoms with Crippen LogP contribution in [0.25, 0.3) is 11.1 Å². The molecule has 1 N–H and O–H groups in total. The Morgan fingerprint density at radius 1 is 1.11 bits per heavy atom. The first kappa shape index (κ1) is 20.6. The summed E-state index contributed by atoms with van der Waals surface area (Å²) in [6.45, 7) is 6.11. The van der Waals surface area contributed by atoms with Crippen molar-refractivity contribution in [2.45, 2.75) is 59.3 Å². The van der Waals surface area contributed by atoms with Crippen molar-refractivity contribution in [1.29, 1.82) is 0 Å². The summed E-state index contributed by atoms with van der Waals surface area (Å²) in [5.41, 5.74) is 5.11. The summed E-state index contributed by atoms with van der Waals surface area (Å²) < 4.78 is 5.31. The van der Waals surface area contributed by atoms with Gasteiger partial charge in [0.2, 0.25) is 5.91 Å². The first-order chi connectivity index (χ1) is 13.6. The van der Waals surface area contributed by atoms with Gasteiger partial charge in [0.1, 0.15) is 10.6 Å². The molecule has 0 spiro atoms. The van der Waals surface area contributed by atoms with Gasteiger partial charge in [-0.3, -0.25) is 4.79 Å². The number of fused-ring (bicyclic) bond motifs is 1. The Bertz CT molecular complexity index is 852. The molecular weight excluding hydrogens is 370 g/mol. The topological polar surface area (TPSA) is 55.4 Å². The van der Waals surface area contributed by atoms with Gasteiger partial charge in [0.15, 0.2) is 0 Å². The number of aryl methyl sites for hydroxylation is 2. The van der Waals surface area contributed by atoms with Crippen LogP contribution in [-0.2, 0) is 22.4 Å². The highest BCUT2D eigenvalue weighted by atomic mass is 32.1. The largest absolute Gasteiger partial charge is 0.462 e. The summed E-state index contributed by atoms with van der Waals surface area (Å²) >= 11 is 1.40. The van der Waals surface area contributed by atoms with Gasteiger partial charge >= 0.3 is 5.97 Å². The average Bonchev–Trinajstić information content (AvgIpc) is 3.12. The van der Waals surface area contributed by atoms with Gasteiger partial charge in [-0.05, 0) is 62.1 Å². The molecule has 0 radical (unpaired) electrons. The standard InChI is InChI=1S/C23H29NO3S/c1-4-15(5-2)21(25)24-22-20(23(26)27-6-3)19(14-28-22)18-12-11-16-9-7-8-10-17(16)13-18/h11-15H,4-10H2,1-3H3,(H,24,25). The minimum Gasteiger partial charge on any atom is -0.462 e. The van der Waals surface area contributed by atoms with E-state index in [1.165, 1.54) is 35.3 Å². The third kappa shape index (κ3) is 4.30. The molecule has 0 atom stereocenters. The van der Waals surface area contributed by atoms with E-state index in [9.17, 15) is 9.59 Å². The van der Waals surface area contributed by atoms with E-state index in [2.05, 4.69) is 23.5 Å². The maximum Gasteiger partial charge on any atom is 0.341 e. The number of amides is 1. The molecule has 1 aliphatic carbocycles. The van der Waals surface area contributed by atoms with Gasteiger partial charge in [-0.1, -0.05) is 32.0 Å². The normalized spacial score (nSPS) is 13.3. The number of anilines is 1. The predicted molar refractivity (Wildman–Crippen MR) is 115 cm³/mol. The summed E-state index contributed by atoms with van der Waals surface area (Å²) in [6, 6.07) is 6.46. The monoisotopic (exact) mass is 399 g/mol. The number of thiophene rings is 1. The lowest BCUT2D eigenvalue weighted by molar-refractivity contribution is -0.120. The Hall–Kier alpha value is -2.14. The molecule has 5 heteroatoms. The third-order valence-corrected chi connectivity index (χ3v) is 6.42. The van der Waals surface area contributed by atoms with Gasteiger partial charge in [-0.2, -0.15) is 0 Å². The lowest BCUT2D eigenvalue weighted by Crippen LogP contribution is -2.22. The number of hydrogen-bond acceptors (Lipinski definition) is 4. The first-order valence-corrected chi connectivity index (χ1v) is 11.2. The Morgan fingerprint density at radius 2 is 1.82 bits per heavy atom. The van der Waals surface area contributed by atoms with E-state index in [-0.39, 0.29) is 17.8 Å². The highest BCUT2D eigenvalue weighted by Gasteiger charge is 2.25. The number of ether oxygens (including phenoxy) is 1. The zero-order valence-electron chi connectivity index (χ0n) is 17.0. The maximum atomic E-state index is 12.7. The molecule has 1 amide bonds. The predicted octanol–water partition coefficient (Wildman–Crippen LogP) is 5.85. The fourth-order valence-electron chi connectivity index (χ4n) is 3.84. The number of carbonyl (C=O) groups excluding carboxylic acids is 2. The molecule has 1 aromatic heterocycles. The maximum absolute atomic E-state index is 12.7. The van der Waals surface area contributed by atoms with Crippen molar-refractivity contribution in [2.24, 2.45) is 5.92 Å². The molecule has 150 valence electrons. The Kier molecular flexibility index (Phi) is 6.89. The van der Waals surface area contributed by atoms with Crippen LogP contribution in [0.15, 0.2) is 23.6 Å². The van der Waals surface area contributed by atoms with Gasteiger partial charge in [-0.25, -0.2) is 4.79 Å². The van der Waals surface area contributed by atoms with Gasteiger partial charge in [0, 0.05) is 16.9 Å². The van der Waals surface area contributed by atoms with Crippen LogP contribution in [0.4, 0.5) is 5.00 Å². The average molecular weight is 400 g/mol. The van der Waals surface area contributed by atoms with Crippen LogP contribution < -0.4 is 5.32 Å². The second-order valence-electron chi connectivity index (χ2n) is 7.27. The van der Waals surface area contributed by atoms with Crippen molar-refractivity contribution in [1.82, 2.24) is 0 Å². The molecule has 1 aromatic carbocycles. The number of carbonyl (C=O) groups is 2. The van der Waals surface area contributed by atoms with Crippen molar-refractivity contribution in [3.63, 3.8) is 0 Å². The van der Waals surface area contributed by atoms with Gasteiger partial charge < -0.3 is 10.1 Å². The molecule has 3 rings (SSSR count). The molecule has 0 aliphatic heterocycles. The Morgan fingerprint density at radius 3 is 2.50 bits per heavy atom. The molecule has 0 bridgehead atoms. The minimum atomic E-state index is -0.378. The quantitative estimate of drug-likeness (QED) is 0.595. The van der Waals surface area contributed by atoms with Crippen molar-refractivity contribution in [3.8, 4) is 11.1 Å². The van der Waals surface area contributed by atoms with Crippen LogP contribution in [0.3, 0.4) is 0 Å². The summed E-state index contributed by atoms with van der Waals surface area (Å²) in [4.78, 5) is 25.3. The van der Waals surface area contributed by atoms with Crippen LogP contribution in [0, 0.1) is 5.92 Å². The van der Waals surface area contributed by atoms with E-state index in [1.807, 2.05) is 19.2 Å². The molecule has 0 saturated carbocycles. The van der Waals surface area contributed by atoms with Crippen molar-refractivity contribution < 1.29 is 14.3 Å². The van der Waals surface area contributed by atoms with Crippen molar-refractivity contribution in [3.05, 3.63) is 40.3 Å². The molecule has 28 heavy (non-hydrogen) atoms. The number of hydrogen-bond donors (Lipinski definition) is 1. The second kappa shape index (κ2) is 9.37. The van der Waals surface area contributed by atoms with E-state index in [1.54, 1.807) is 6.92 Å². The van der Waals surface area contributed by atoms with Gasteiger partial charge in [0.05, 0.1) is 6.61 Å². The van der Waals surface area contributed by atoms with Crippen molar-refractivity contribution >= 4 is 28.2 Å². The van der Waals surface area contributed by atoms with Crippen LogP contribution in [0.1, 0.15) is 67.9 Å². The Labute approximate surface area is 171 Å². The summed E-state index contributed by atoms with van der Waals surface area (Å²) in [5, 5.41) is 5.53. The van der Waals surface area contributed by atoms with E-state index in [0.717, 1.165) is 36.8 Å². The van der Waals surface area contributed by atoms with Crippen LogP contribution >= 0.6 is 11.3 Å². The fourth-order valence-corrected chi connectivity index (χ4v) is 4.80. The smallest absolute Gasteiger partial charge is 0.341 e. The highest BCUT2D eigenvalue weighted by molar-refractivity contribution is 7.15. The fraction of sp³-hybridized carbons (Fsp3) is 0.478. The van der Waals surface area contributed by atoms with Crippen LogP contribution in [-0.4, -0.2) is 18.5 Å². The second-order valence-corrected chi connectivity index (χ2v) is 8.15. The van der Waals surface area contributed by atoms with Crippen LogP contribution in [0.5, 0.6) is 0 Å². The molecule has 0 saturated heterocycles. The zero-order valence-corrected chi connectivity index (χ0v) is 17.8. The lowest BCUT2D eigenvalue weighted by atomic mass is 9.89. The molecule has 2 aromatic rings. The SMILES string of the molecule is CCOC(=O)c1c(-c2ccc3c(c2)CCCC3)csc1NC(=O)C(CC)CC. The molecule has 1 aliphatic rings. The number of rotatable bonds is 7. The molecule has 0 unspecified atom stereocenters. The Balaban J connectivity index is 1.98. The van der Waals surface area contributed by atoms with E-state index in [4.69, 9.17) is 4.74 Å². The summed E-state index contributed by atoms with van der Waals surface area (Å²) in [7, 11) is 0. The van der Waals surface area contributed by atoms with Gasteiger partial charge in [0.25, 0.3) is 0 Å². The van der Waals surface area contributed by atoms with E-state index < -0.39 is 0 Å². The summed E-state index contributed by atoms with van der Waals surface area (Å²) in [6.07, 6.45) is 6.22. The molecule has 1 heterocycles. The van der Waals surface area contributed by atoms with E-state index in [0.29, 0.717) is 17.2 Å². The lowest BCUT2D eigenvalue weighted by Gasteiger charge is -2.17. The number of nitrogens with one attached hydrogen (secondary N) is 1. The number of esters is 1. The van der Waals surface area contributed by atoms with Crippen LogP contribution in [0.2, 0.25) is 0 Å². The zero-order chi connectivity index (χ0) is 20.1. The highest BCUT2D eigenvalue weighted by Crippen LogP contribution is 2.38. The first-order valence-electron chi connectivity index (χ1n) is 10.3. The summed E-state index contributed by atoms with van der Waals surface area (Å²) in [5.74, 6) is -0.463. The third-order valence-electron chi connectivity index (χ3n) is 5.52.